The predicted octanol–water partition coefficient (Wildman–Crippen LogP) is 4.52. The lowest BCUT2D eigenvalue weighted by molar-refractivity contribution is 0.412. The van der Waals surface area contributed by atoms with Crippen molar-refractivity contribution in [2.75, 3.05) is 12.4 Å². The third-order valence-electron chi connectivity index (χ3n) is 2.89. The Hall–Kier alpha value is -1.55. The molecular weight excluding hydrogens is 309 g/mol. The Morgan fingerprint density at radius 1 is 1.21 bits per heavy atom. The quantitative estimate of drug-likeness (QED) is 0.893. The van der Waals surface area contributed by atoms with Crippen LogP contribution in [0.2, 0.25) is 0 Å². The number of nitrogens with one attached hydrogen (secondary N) is 1. The zero-order chi connectivity index (χ0) is 13.8. The molecule has 0 fully saturated rings. The van der Waals surface area contributed by atoms with Gasteiger partial charge >= 0.3 is 0 Å². The molecule has 0 atom stereocenters. The molecule has 0 radical (unpaired) electrons. The molecule has 0 aromatic heterocycles. The van der Waals surface area contributed by atoms with Crippen molar-refractivity contribution in [3.63, 3.8) is 0 Å². The standard InChI is InChI=1S/C15H15BrFNO/c1-10-7-12(17)4-5-14(10)18-9-11-3-6-15(19-2)13(16)8-11/h3-8,18H,9H2,1-2H3. The summed E-state index contributed by atoms with van der Waals surface area (Å²) in [6.07, 6.45) is 0. The predicted molar refractivity (Wildman–Crippen MR) is 79.2 cm³/mol. The number of aryl methyl sites for hydroxylation is 1. The number of ether oxygens (including phenoxy) is 1. The van der Waals surface area contributed by atoms with Gasteiger partial charge in [-0.3, -0.25) is 0 Å². The van der Waals surface area contributed by atoms with Crippen molar-refractivity contribution < 1.29 is 9.13 Å². The highest BCUT2D eigenvalue weighted by Crippen LogP contribution is 2.26. The molecule has 0 aliphatic heterocycles. The molecule has 2 aromatic rings. The van der Waals surface area contributed by atoms with E-state index in [1.54, 1.807) is 13.2 Å². The Bertz CT molecular complexity index is 586. The van der Waals surface area contributed by atoms with Crippen molar-refractivity contribution in [2.45, 2.75) is 13.5 Å². The molecule has 0 aliphatic carbocycles. The zero-order valence-corrected chi connectivity index (χ0v) is 12.4. The second kappa shape index (κ2) is 6.06. The van der Waals surface area contributed by atoms with Crippen LogP contribution in [-0.2, 0) is 6.54 Å². The van der Waals surface area contributed by atoms with Gasteiger partial charge in [-0.25, -0.2) is 4.39 Å². The van der Waals surface area contributed by atoms with Crippen LogP contribution in [0.25, 0.3) is 0 Å². The van der Waals surface area contributed by atoms with Crippen molar-refractivity contribution in [3.05, 3.63) is 57.8 Å². The largest absolute Gasteiger partial charge is 0.496 e. The van der Waals surface area contributed by atoms with E-state index in [4.69, 9.17) is 4.74 Å². The maximum atomic E-state index is 13.0. The molecule has 0 saturated carbocycles. The van der Waals surface area contributed by atoms with Crippen LogP contribution >= 0.6 is 15.9 Å². The molecule has 0 unspecified atom stereocenters. The average molecular weight is 324 g/mol. The first-order chi connectivity index (χ1) is 9.10. The topological polar surface area (TPSA) is 21.3 Å². The Morgan fingerprint density at radius 2 is 2.00 bits per heavy atom. The fraction of sp³-hybridized carbons (Fsp3) is 0.200. The molecule has 2 aromatic carbocycles. The van der Waals surface area contributed by atoms with Crippen LogP contribution in [0.4, 0.5) is 10.1 Å². The van der Waals surface area contributed by atoms with E-state index in [1.807, 2.05) is 25.1 Å². The van der Waals surface area contributed by atoms with E-state index < -0.39 is 0 Å². The van der Waals surface area contributed by atoms with Gasteiger partial charge in [0.15, 0.2) is 0 Å². The second-order valence-corrected chi connectivity index (χ2v) is 5.14. The lowest BCUT2D eigenvalue weighted by atomic mass is 10.1. The first kappa shape index (κ1) is 13.9. The fourth-order valence-corrected chi connectivity index (χ4v) is 2.43. The minimum absolute atomic E-state index is 0.213. The highest BCUT2D eigenvalue weighted by atomic mass is 79.9. The summed E-state index contributed by atoms with van der Waals surface area (Å²) in [5.74, 6) is 0.594. The summed E-state index contributed by atoms with van der Waals surface area (Å²) in [5, 5.41) is 3.29. The van der Waals surface area contributed by atoms with E-state index in [-0.39, 0.29) is 5.82 Å². The molecule has 0 bridgehead atoms. The molecule has 0 aliphatic rings. The molecule has 2 rings (SSSR count). The summed E-state index contributed by atoms with van der Waals surface area (Å²) in [5.41, 5.74) is 2.96. The van der Waals surface area contributed by atoms with Crippen LogP contribution in [0.3, 0.4) is 0 Å². The zero-order valence-electron chi connectivity index (χ0n) is 10.8. The third kappa shape index (κ3) is 3.47. The SMILES string of the molecule is COc1ccc(CNc2ccc(F)cc2C)cc1Br. The van der Waals surface area contributed by atoms with Crippen LogP contribution in [0.1, 0.15) is 11.1 Å². The van der Waals surface area contributed by atoms with Gasteiger partial charge in [0.2, 0.25) is 0 Å². The van der Waals surface area contributed by atoms with Crippen LogP contribution in [0.15, 0.2) is 40.9 Å². The summed E-state index contributed by atoms with van der Waals surface area (Å²) >= 11 is 3.46. The monoisotopic (exact) mass is 323 g/mol. The Labute approximate surface area is 120 Å². The van der Waals surface area contributed by atoms with Crippen molar-refractivity contribution in [1.82, 2.24) is 0 Å². The highest BCUT2D eigenvalue weighted by molar-refractivity contribution is 9.10. The first-order valence-corrected chi connectivity index (χ1v) is 6.72. The van der Waals surface area contributed by atoms with E-state index >= 15 is 0 Å². The van der Waals surface area contributed by atoms with Crippen molar-refractivity contribution in [3.8, 4) is 5.75 Å². The third-order valence-corrected chi connectivity index (χ3v) is 3.51. The number of halogens is 2. The molecule has 2 nitrogen and oxygen atoms in total. The van der Waals surface area contributed by atoms with Gasteiger partial charge in [-0.1, -0.05) is 6.07 Å². The van der Waals surface area contributed by atoms with Crippen molar-refractivity contribution >= 4 is 21.6 Å². The number of rotatable bonds is 4. The lowest BCUT2D eigenvalue weighted by Crippen LogP contribution is -2.01. The maximum absolute atomic E-state index is 13.0. The maximum Gasteiger partial charge on any atom is 0.133 e. The number of methoxy groups -OCH3 is 1. The minimum Gasteiger partial charge on any atom is -0.496 e. The normalized spacial score (nSPS) is 10.3. The molecule has 19 heavy (non-hydrogen) atoms. The van der Waals surface area contributed by atoms with E-state index in [0.29, 0.717) is 6.54 Å². The molecule has 0 spiro atoms. The highest BCUT2D eigenvalue weighted by Gasteiger charge is 2.03. The van der Waals surface area contributed by atoms with Gasteiger partial charge in [0.05, 0.1) is 11.6 Å². The summed E-state index contributed by atoms with van der Waals surface area (Å²) in [6.45, 7) is 2.56. The van der Waals surface area contributed by atoms with Gasteiger partial charge < -0.3 is 10.1 Å². The fourth-order valence-electron chi connectivity index (χ4n) is 1.84. The van der Waals surface area contributed by atoms with Crippen LogP contribution in [-0.4, -0.2) is 7.11 Å². The summed E-state index contributed by atoms with van der Waals surface area (Å²) in [6, 6.07) is 10.6. The van der Waals surface area contributed by atoms with Crippen molar-refractivity contribution in [1.29, 1.82) is 0 Å². The number of anilines is 1. The van der Waals surface area contributed by atoms with Gasteiger partial charge in [0, 0.05) is 12.2 Å². The number of hydrogen-bond donors (Lipinski definition) is 1. The number of benzene rings is 2. The van der Waals surface area contributed by atoms with Gasteiger partial charge in [-0.05, 0) is 64.3 Å². The Morgan fingerprint density at radius 3 is 2.63 bits per heavy atom. The summed E-state index contributed by atoms with van der Waals surface area (Å²) in [4.78, 5) is 0. The second-order valence-electron chi connectivity index (χ2n) is 4.28. The van der Waals surface area contributed by atoms with E-state index in [2.05, 4.69) is 21.2 Å². The Kier molecular flexibility index (Phi) is 4.43. The van der Waals surface area contributed by atoms with E-state index in [1.165, 1.54) is 12.1 Å². The smallest absolute Gasteiger partial charge is 0.133 e. The Balaban J connectivity index is 2.08. The first-order valence-electron chi connectivity index (χ1n) is 5.92. The number of hydrogen-bond acceptors (Lipinski definition) is 2. The summed E-state index contributed by atoms with van der Waals surface area (Å²) in [7, 11) is 1.64. The van der Waals surface area contributed by atoms with Gasteiger partial charge in [0.25, 0.3) is 0 Å². The lowest BCUT2D eigenvalue weighted by Gasteiger charge is -2.11. The van der Waals surface area contributed by atoms with Crippen LogP contribution in [0.5, 0.6) is 5.75 Å². The molecule has 0 saturated heterocycles. The van der Waals surface area contributed by atoms with Gasteiger partial charge in [-0.15, -0.1) is 0 Å². The molecule has 0 amide bonds. The molecule has 1 N–H and O–H groups in total. The molecule has 100 valence electrons. The molecule has 4 heteroatoms. The minimum atomic E-state index is -0.213. The van der Waals surface area contributed by atoms with E-state index in [9.17, 15) is 4.39 Å². The van der Waals surface area contributed by atoms with Crippen LogP contribution < -0.4 is 10.1 Å². The molecular formula is C15H15BrFNO. The van der Waals surface area contributed by atoms with Gasteiger partial charge in [0.1, 0.15) is 11.6 Å². The van der Waals surface area contributed by atoms with Crippen LogP contribution in [0, 0.1) is 12.7 Å². The summed E-state index contributed by atoms with van der Waals surface area (Å²) < 4.78 is 19.1. The van der Waals surface area contributed by atoms with Crippen molar-refractivity contribution in [2.24, 2.45) is 0 Å². The molecule has 0 heterocycles. The van der Waals surface area contributed by atoms with E-state index in [0.717, 1.165) is 27.0 Å². The average Bonchev–Trinajstić information content (AvgIpc) is 2.38. The van der Waals surface area contributed by atoms with Gasteiger partial charge in [-0.2, -0.15) is 0 Å².